The fraction of sp³-hybridized carbons (Fsp3) is 0.235. The highest BCUT2D eigenvalue weighted by molar-refractivity contribution is 5.75. The number of aryl methyl sites for hydroxylation is 2. The lowest BCUT2D eigenvalue weighted by Gasteiger charge is -2.07. The van der Waals surface area contributed by atoms with E-state index < -0.39 is 0 Å². The highest BCUT2D eigenvalue weighted by Crippen LogP contribution is 2.17. The summed E-state index contributed by atoms with van der Waals surface area (Å²) in [6.45, 7) is 0.701. The molecule has 21 heavy (non-hydrogen) atoms. The van der Waals surface area contributed by atoms with Gasteiger partial charge in [0.2, 0.25) is 0 Å². The third kappa shape index (κ3) is 2.90. The molecule has 0 saturated heterocycles. The molecule has 0 bridgehead atoms. The zero-order valence-electron chi connectivity index (χ0n) is 11.9. The first-order valence-corrected chi connectivity index (χ1v) is 7.17. The van der Waals surface area contributed by atoms with Crippen LogP contribution in [0.25, 0.3) is 11.0 Å². The smallest absolute Gasteiger partial charge is 0.110 e. The molecule has 1 aromatic heterocycles. The topological polar surface area (TPSA) is 64.1 Å². The van der Waals surface area contributed by atoms with Crippen LogP contribution in [0.2, 0.25) is 0 Å². The molecule has 0 saturated carbocycles. The number of aromatic nitrogens is 2. The molecule has 2 aromatic carbocycles. The van der Waals surface area contributed by atoms with Crippen molar-refractivity contribution in [2.45, 2.75) is 19.4 Å². The molecule has 0 aliphatic rings. The average Bonchev–Trinajstić information content (AvgIpc) is 2.85. The minimum atomic E-state index is 0.120. The predicted octanol–water partition coefficient (Wildman–Crippen LogP) is 2.40. The van der Waals surface area contributed by atoms with Gasteiger partial charge in [0.05, 0.1) is 17.6 Å². The average molecular weight is 281 g/mol. The van der Waals surface area contributed by atoms with Crippen LogP contribution in [0.4, 0.5) is 5.69 Å². The molecule has 0 spiro atoms. The number of hydrogen-bond donors (Lipinski definition) is 2. The van der Waals surface area contributed by atoms with E-state index in [2.05, 4.69) is 4.57 Å². The van der Waals surface area contributed by atoms with Gasteiger partial charge in [-0.3, -0.25) is 0 Å². The maximum absolute atomic E-state index is 9.28. The van der Waals surface area contributed by atoms with E-state index in [0.29, 0.717) is 6.54 Å². The zero-order chi connectivity index (χ0) is 14.7. The van der Waals surface area contributed by atoms with Gasteiger partial charge < -0.3 is 15.4 Å². The molecule has 0 atom stereocenters. The van der Waals surface area contributed by atoms with E-state index in [0.717, 1.165) is 35.4 Å². The van der Waals surface area contributed by atoms with Crippen LogP contribution in [0, 0.1) is 0 Å². The first-order chi connectivity index (χ1) is 10.3. The normalized spacial score (nSPS) is 11.1. The van der Waals surface area contributed by atoms with Crippen molar-refractivity contribution in [2.24, 2.45) is 0 Å². The molecule has 0 aliphatic heterocycles. The molecule has 0 radical (unpaired) electrons. The number of fused-ring (bicyclic) bond motifs is 1. The van der Waals surface area contributed by atoms with E-state index in [9.17, 15) is 5.11 Å². The van der Waals surface area contributed by atoms with Crippen molar-refractivity contribution in [3.8, 4) is 0 Å². The van der Waals surface area contributed by atoms with Gasteiger partial charge in [-0.25, -0.2) is 4.98 Å². The zero-order valence-corrected chi connectivity index (χ0v) is 11.9. The van der Waals surface area contributed by atoms with Crippen molar-refractivity contribution in [1.82, 2.24) is 9.55 Å². The highest BCUT2D eigenvalue weighted by atomic mass is 16.3. The number of imidazole rings is 1. The van der Waals surface area contributed by atoms with Crippen molar-refractivity contribution in [2.75, 3.05) is 12.3 Å². The molecular formula is C17H19N3O. The number of benzene rings is 2. The van der Waals surface area contributed by atoms with Crippen LogP contribution in [0.1, 0.15) is 11.4 Å². The lowest BCUT2D eigenvalue weighted by molar-refractivity contribution is 0.276. The quantitative estimate of drug-likeness (QED) is 0.706. The molecular weight excluding hydrogens is 262 g/mol. The Kier molecular flexibility index (Phi) is 3.88. The van der Waals surface area contributed by atoms with Crippen LogP contribution < -0.4 is 5.73 Å². The van der Waals surface area contributed by atoms with Gasteiger partial charge in [-0.1, -0.05) is 24.3 Å². The molecule has 0 amide bonds. The monoisotopic (exact) mass is 281 g/mol. The van der Waals surface area contributed by atoms with Crippen LogP contribution >= 0.6 is 0 Å². The number of anilines is 1. The lowest BCUT2D eigenvalue weighted by atomic mass is 10.1. The fourth-order valence-corrected chi connectivity index (χ4v) is 2.61. The van der Waals surface area contributed by atoms with Crippen LogP contribution in [0.3, 0.4) is 0 Å². The standard InChI is InChI=1S/C17H19N3O/c18-14-8-5-13(6-9-14)7-10-17-19-15-3-1-2-4-16(15)20(17)11-12-21/h1-6,8-9,21H,7,10-12,18H2. The number of para-hydroxylation sites is 2. The van der Waals surface area contributed by atoms with Crippen LogP contribution in [0.5, 0.6) is 0 Å². The largest absolute Gasteiger partial charge is 0.399 e. The Bertz CT molecular complexity index is 731. The summed E-state index contributed by atoms with van der Waals surface area (Å²) in [6, 6.07) is 16.0. The molecule has 3 N–H and O–H groups in total. The van der Waals surface area contributed by atoms with Gasteiger partial charge in [0.25, 0.3) is 0 Å². The molecule has 3 rings (SSSR count). The van der Waals surface area contributed by atoms with Crippen molar-refractivity contribution in [3.63, 3.8) is 0 Å². The summed E-state index contributed by atoms with van der Waals surface area (Å²) < 4.78 is 2.10. The molecule has 1 heterocycles. The van der Waals surface area contributed by atoms with Crippen molar-refractivity contribution < 1.29 is 5.11 Å². The Morgan fingerprint density at radius 1 is 1.00 bits per heavy atom. The minimum absolute atomic E-state index is 0.120. The Morgan fingerprint density at radius 2 is 1.76 bits per heavy atom. The molecule has 0 unspecified atom stereocenters. The molecule has 3 aromatic rings. The van der Waals surface area contributed by atoms with Crippen molar-refractivity contribution >= 4 is 16.7 Å². The van der Waals surface area contributed by atoms with E-state index in [-0.39, 0.29) is 6.61 Å². The van der Waals surface area contributed by atoms with Crippen molar-refractivity contribution in [1.29, 1.82) is 0 Å². The van der Waals surface area contributed by atoms with Gasteiger partial charge in [-0.05, 0) is 36.2 Å². The van der Waals surface area contributed by atoms with Gasteiger partial charge in [0.15, 0.2) is 0 Å². The summed E-state index contributed by atoms with van der Waals surface area (Å²) in [7, 11) is 0. The number of nitrogens with two attached hydrogens (primary N) is 1. The maximum atomic E-state index is 9.28. The van der Waals surface area contributed by atoms with Gasteiger partial charge in [-0.15, -0.1) is 0 Å². The summed E-state index contributed by atoms with van der Waals surface area (Å²) in [5.41, 5.74) is 9.80. The Morgan fingerprint density at radius 3 is 2.52 bits per heavy atom. The summed E-state index contributed by atoms with van der Waals surface area (Å²) in [5, 5.41) is 9.28. The van der Waals surface area contributed by atoms with E-state index in [1.807, 2.05) is 48.5 Å². The van der Waals surface area contributed by atoms with E-state index in [4.69, 9.17) is 10.7 Å². The minimum Gasteiger partial charge on any atom is -0.399 e. The molecule has 0 aliphatic carbocycles. The van der Waals surface area contributed by atoms with Crippen LogP contribution in [-0.4, -0.2) is 21.3 Å². The Hall–Kier alpha value is -2.33. The molecule has 4 heteroatoms. The first kappa shape index (κ1) is 13.6. The number of hydrogen-bond acceptors (Lipinski definition) is 3. The van der Waals surface area contributed by atoms with E-state index >= 15 is 0 Å². The summed E-state index contributed by atoms with van der Waals surface area (Å²) in [4.78, 5) is 4.69. The van der Waals surface area contributed by atoms with Gasteiger partial charge >= 0.3 is 0 Å². The molecule has 0 fully saturated rings. The highest BCUT2D eigenvalue weighted by Gasteiger charge is 2.09. The number of aliphatic hydroxyl groups excluding tert-OH is 1. The predicted molar refractivity (Wildman–Crippen MR) is 85.1 cm³/mol. The maximum Gasteiger partial charge on any atom is 0.110 e. The van der Waals surface area contributed by atoms with E-state index in [1.165, 1.54) is 5.56 Å². The third-order valence-electron chi connectivity index (χ3n) is 3.67. The second-order valence-electron chi connectivity index (χ2n) is 5.13. The Labute approximate surface area is 123 Å². The van der Waals surface area contributed by atoms with Gasteiger partial charge in [-0.2, -0.15) is 0 Å². The molecule has 4 nitrogen and oxygen atoms in total. The molecule has 108 valence electrons. The lowest BCUT2D eigenvalue weighted by Crippen LogP contribution is -2.08. The Balaban J connectivity index is 1.85. The SMILES string of the molecule is Nc1ccc(CCc2nc3ccccc3n2CCO)cc1. The van der Waals surface area contributed by atoms with Crippen LogP contribution in [-0.2, 0) is 19.4 Å². The second kappa shape index (κ2) is 5.97. The summed E-state index contributed by atoms with van der Waals surface area (Å²) in [5.74, 6) is 1.02. The summed E-state index contributed by atoms with van der Waals surface area (Å²) in [6.07, 6.45) is 1.76. The fourth-order valence-electron chi connectivity index (χ4n) is 2.61. The van der Waals surface area contributed by atoms with Gasteiger partial charge in [0.1, 0.15) is 5.82 Å². The van der Waals surface area contributed by atoms with Crippen molar-refractivity contribution in [3.05, 3.63) is 59.9 Å². The van der Waals surface area contributed by atoms with Crippen LogP contribution in [0.15, 0.2) is 48.5 Å². The number of nitrogen functional groups attached to an aromatic ring is 1. The van der Waals surface area contributed by atoms with E-state index in [1.54, 1.807) is 0 Å². The number of nitrogens with zero attached hydrogens (tertiary/aromatic N) is 2. The number of rotatable bonds is 5. The third-order valence-corrected chi connectivity index (χ3v) is 3.67. The second-order valence-corrected chi connectivity index (χ2v) is 5.13. The number of aliphatic hydroxyl groups is 1. The summed E-state index contributed by atoms with van der Waals surface area (Å²) >= 11 is 0. The van der Waals surface area contributed by atoms with Gasteiger partial charge in [0, 0.05) is 18.7 Å². The first-order valence-electron chi connectivity index (χ1n) is 7.17.